The molecule has 0 unspecified atom stereocenters. The lowest BCUT2D eigenvalue weighted by atomic mass is 10.2. The zero-order valence-corrected chi connectivity index (χ0v) is 13.4. The fourth-order valence-electron chi connectivity index (χ4n) is 1.79. The van der Waals surface area contributed by atoms with E-state index >= 15 is 0 Å². The third-order valence-corrected chi connectivity index (χ3v) is 4.15. The summed E-state index contributed by atoms with van der Waals surface area (Å²) in [6.45, 7) is 0. The summed E-state index contributed by atoms with van der Waals surface area (Å²) in [4.78, 5) is 12.8. The fraction of sp³-hybridized carbons (Fsp3) is 0.188. The molecule has 0 heterocycles. The van der Waals surface area contributed by atoms with Gasteiger partial charge < -0.3 is 5.32 Å². The summed E-state index contributed by atoms with van der Waals surface area (Å²) in [5.41, 5.74) is -0.646. The Balaban J connectivity index is 1.84. The Morgan fingerprint density at radius 3 is 2.48 bits per heavy atom. The smallest absolute Gasteiger partial charge is 0.326 e. The van der Waals surface area contributed by atoms with Gasteiger partial charge in [0.05, 0.1) is 5.56 Å². The predicted octanol–water partition coefficient (Wildman–Crippen LogP) is 5.48. The number of nitrogens with one attached hydrogen (secondary N) is 1. The minimum Gasteiger partial charge on any atom is -0.326 e. The summed E-state index contributed by atoms with van der Waals surface area (Å²) in [7, 11) is 0. The highest BCUT2D eigenvalue weighted by Gasteiger charge is 2.30. The number of carbonyl (C=O) groups excluding carboxylic acids is 1. The van der Waals surface area contributed by atoms with Gasteiger partial charge in [0.15, 0.2) is 0 Å². The van der Waals surface area contributed by atoms with Crippen molar-refractivity contribution in [1.82, 2.24) is 0 Å². The van der Waals surface area contributed by atoms with Gasteiger partial charge in [-0.3, -0.25) is 4.79 Å². The Hall–Kier alpha value is -1.66. The molecule has 2 rings (SSSR count). The molecule has 0 bridgehead atoms. The van der Waals surface area contributed by atoms with Crippen molar-refractivity contribution in [3.05, 3.63) is 59.1 Å². The van der Waals surface area contributed by atoms with Crippen LogP contribution in [-0.4, -0.2) is 11.7 Å². The Morgan fingerprint density at radius 2 is 1.83 bits per heavy atom. The zero-order valence-electron chi connectivity index (χ0n) is 11.9. The molecule has 2 nitrogen and oxygen atoms in total. The molecule has 0 aliphatic heterocycles. The lowest BCUT2D eigenvalue weighted by Crippen LogP contribution is -2.13. The molecule has 1 N–H and O–H groups in total. The highest BCUT2D eigenvalue weighted by atomic mass is 35.5. The van der Waals surface area contributed by atoms with E-state index in [1.165, 1.54) is 23.9 Å². The Bertz CT molecular complexity index is 674. The van der Waals surface area contributed by atoms with Crippen LogP contribution in [0, 0.1) is 0 Å². The molecule has 122 valence electrons. The van der Waals surface area contributed by atoms with E-state index < -0.39 is 11.7 Å². The van der Waals surface area contributed by atoms with E-state index in [1.807, 2.05) is 12.1 Å². The Labute approximate surface area is 141 Å². The first-order valence-electron chi connectivity index (χ1n) is 6.70. The summed E-state index contributed by atoms with van der Waals surface area (Å²) < 4.78 is 37.8. The number of rotatable bonds is 5. The molecule has 0 fully saturated rings. The van der Waals surface area contributed by atoms with E-state index in [-0.39, 0.29) is 18.0 Å². The molecule has 0 atom stereocenters. The van der Waals surface area contributed by atoms with Gasteiger partial charge in [0.1, 0.15) is 0 Å². The number of alkyl halides is 3. The molecule has 0 aliphatic rings. The third kappa shape index (κ3) is 5.80. The minimum atomic E-state index is -4.43. The molecule has 1 amide bonds. The summed E-state index contributed by atoms with van der Waals surface area (Å²) in [5, 5.41) is 3.11. The molecule has 2 aromatic rings. The molecular weight excluding hydrogens is 347 g/mol. The van der Waals surface area contributed by atoms with Crippen molar-refractivity contribution in [3.8, 4) is 0 Å². The number of hydrogen-bond acceptors (Lipinski definition) is 2. The number of anilines is 1. The van der Waals surface area contributed by atoms with Gasteiger partial charge in [-0.05, 0) is 42.5 Å². The standard InChI is InChI=1S/C16H13ClF3NOS/c17-12-4-6-14(7-5-12)23-9-8-15(22)21-13-3-1-2-11(10-13)16(18,19)20/h1-7,10H,8-9H2,(H,21,22). The molecule has 0 aromatic heterocycles. The predicted molar refractivity (Wildman–Crippen MR) is 86.9 cm³/mol. The molecular formula is C16H13ClF3NOS. The van der Waals surface area contributed by atoms with Crippen molar-refractivity contribution in [3.63, 3.8) is 0 Å². The Morgan fingerprint density at radius 1 is 1.13 bits per heavy atom. The largest absolute Gasteiger partial charge is 0.416 e. The number of benzene rings is 2. The minimum absolute atomic E-state index is 0.140. The van der Waals surface area contributed by atoms with Gasteiger partial charge in [0, 0.05) is 27.8 Å². The van der Waals surface area contributed by atoms with Crippen molar-refractivity contribution in [2.45, 2.75) is 17.5 Å². The van der Waals surface area contributed by atoms with Crippen molar-refractivity contribution in [1.29, 1.82) is 0 Å². The molecule has 7 heteroatoms. The molecule has 0 saturated heterocycles. The molecule has 0 radical (unpaired) electrons. The normalized spacial score (nSPS) is 11.3. The monoisotopic (exact) mass is 359 g/mol. The van der Waals surface area contributed by atoms with Crippen molar-refractivity contribution < 1.29 is 18.0 Å². The third-order valence-electron chi connectivity index (χ3n) is 2.89. The lowest BCUT2D eigenvalue weighted by molar-refractivity contribution is -0.137. The molecule has 2 aromatic carbocycles. The molecule has 0 spiro atoms. The quantitative estimate of drug-likeness (QED) is 0.716. The zero-order chi connectivity index (χ0) is 16.9. The van der Waals surface area contributed by atoms with Crippen molar-refractivity contribution >= 4 is 35.0 Å². The number of hydrogen-bond donors (Lipinski definition) is 1. The topological polar surface area (TPSA) is 29.1 Å². The average molecular weight is 360 g/mol. The fourth-order valence-corrected chi connectivity index (χ4v) is 2.77. The second-order valence-corrected chi connectivity index (χ2v) is 6.28. The van der Waals surface area contributed by atoms with Gasteiger partial charge in [-0.25, -0.2) is 0 Å². The van der Waals surface area contributed by atoms with Gasteiger partial charge in [-0.15, -0.1) is 11.8 Å². The summed E-state index contributed by atoms with van der Waals surface area (Å²) in [6.07, 6.45) is -4.23. The van der Waals surface area contributed by atoms with E-state index in [9.17, 15) is 18.0 Å². The number of thioether (sulfide) groups is 1. The molecule has 23 heavy (non-hydrogen) atoms. The summed E-state index contributed by atoms with van der Waals surface area (Å²) >= 11 is 7.25. The Kier molecular flexibility index (Phi) is 5.96. The molecule has 0 aliphatic carbocycles. The van der Waals surface area contributed by atoms with Crippen LogP contribution in [0.2, 0.25) is 5.02 Å². The highest BCUT2D eigenvalue weighted by molar-refractivity contribution is 7.99. The van der Waals surface area contributed by atoms with Crippen LogP contribution >= 0.6 is 23.4 Å². The van der Waals surface area contributed by atoms with Crippen LogP contribution in [0.4, 0.5) is 18.9 Å². The first kappa shape index (κ1) is 17.7. The maximum Gasteiger partial charge on any atom is 0.416 e. The van der Waals surface area contributed by atoms with Crippen molar-refractivity contribution in [2.24, 2.45) is 0 Å². The van der Waals surface area contributed by atoms with E-state index in [1.54, 1.807) is 12.1 Å². The second-order valence-electron chi connectivity index (χ2n) is 4.68. The van der Waals surface area contributed by atoms with Crippen LogP contribution in [0.5, 0.6) is 0 Å². The highest BCUT2D eigenvalue weighted by Crippen LogP contribution is 2.30. The molecule has 0 saturated carbocycles. The summed E-state index contributed by atoms with van der Waals surface area (Å²) in [5.74, 6) is 0.192. The summed E-state index contributed by atoms with van der Waals surface area (Å²) in [6, 6.07) is 11.8. The number of amides is 1. The van der Waals surface area contributed by atoms with Crippen LogP contribution in [0.25, 0.3) is 0 Å². The number of carbonyl (C=O) groups is 1. The number of halogens is 4. The van der Waals surface area contributed by atoms with Gasteiger partial charge in [0.2, 0.25) is 5.91 Å². The van der Waals surface area contributed by atoms with E-state index in [0.29, 0.717) is 10.8 Å². The van der Waals surface area contributed by atoms with Gasteiger partial charge in [0.25, 0.3) is 0 Å². The van der Waals surface area contributed by atoms with E-state index in [0.717, 1.165) is 17.0 Å². The van der Waals surface area contributed by atoms with Gasteiger partial charge in [-0.2, -0.15) is 13.2 Å². The maximum atomic E-state index is 12.6. The van der Waals surface area contributed by atoms with Gasteiger partial charge >= 0.3 is 6.18 Å². The lowest BCUT2D eigenvalue weighted by Gasteiger charge is -2.09. The first-order chi connectivity index (χ1) is 10.8. The van der Waals surface area contributed by atoms with E-state index in [2.05, 4.69) is 5.32 Å². The van der Waals surface area contributed by atoms with E-state index in [4.69, 9.17) is 11.6 Å². The van der Waals surface area contributed by atoms with Crippen LogP contribution in [0.1, 0.15) is 12.0 Å². The van der Waals surface area contributed by atoms with Crippen LogP contribution in [0.3, 0.4) is 0 Å². The van der Waals surface area contributed by atoms with Crippen LogP contribution in [-0.2, 0) is 11.0 Å². The first-order valence-corrected chi connectivity index (χ1v) is 8.06. The van der Waals surface area contributed by atoms with Crippen LogP contribution < -0.4 is 5.32 Å². The second kappa shape index (κ2) is 7.75. The van der Waals surface area contributed by atoms with Crippen molar-refractivity contribution in [2.75, 3.05) is 11.1 Å². The maximum absolute atomic E-state index is 12.6. The van der Waals surface area contributed by atoms with Crippen LogP contribution in [0.15, 0.2) is 53.4 Å². The average Bonchev–Trinajstić information content (AvgIpc) is 2.49. The van der Waals surface area contributed by atoms with Gasteiger partial charge in [-0.1, -0.05) is 17.7 Å². The SMILES string of the molecule is O=C(CCSc1ccc(Cl)cc1)Nc1cccc(C(F)(F)F)c1.